The first-order chi connectivity index (χ1) is 8.79. The molecule has 0 radical (unpaired) electrons. The summed E-state index contributed by atoms with van der Waals surface area (Å²) in [4.78, 5) is 12.9. The molecule has 1 aliphatic carbocycles. The number of carbonyl (C=O) groups excluding carboxylic acids is 1. The molecule has 0 saturated heterocycles. The number of amides is 1. The molecular weight excluding hydrogens is 250 g/mol. The van der Waals surface area contributed by atoms with Crippen LogP contribution in [-0.2, 0) is 9.53 Å². The predicted molar refractivity (Wildman–Crippen MR) is 69.4 cm³/mol. The Bertz CT molecular complexity index is 309. The van der Waals surface area contributed by atoms with Crippen molar-refractivity contribution in [3.63, 3.8) is 0 Å². The molecule has 0 spiro atoms. The fourth-order valence-electron chi connectivity index (χ4n) is 2.63. The minimum absolute atomic E-state index is 0.0605. The van der Waals surface area contributed by atoms with E-state index in [1.165, 1.54) is 11.8 Å². The van der Waals surface area contributed by atoms with E-state index in [1.807, 2.05) is 13.8 Å². The Morgan fingerprint density at radius 3 is 2.37 bits per heavy atom. The molecule has 5 atom stereocenters. The molecule has 1 aliphatic rings. The van der Waals surface area contributed by atoms with Gasteiger partial charge in [-0.15, -0.1) is 0 Å². The van der Waals surface area contributed by atoms with Crippen LogP contribution < -0.4 is 0 Å². The van der Waals surface area contributed by atoms with Crippen LogP contribution >= 0.6 is 0 Å². The van der Waals surface area contributed by atoms with Gasteiger partial charge in [-0.2, -0.15) is 0 Å². The summed E-state index contributed by atoms with van der Waals surface area (Å²) in [5, 5.41) is 29.5. The predicted octanol–water partition coefficient (Wildman–Crippen LogP) is -0.639. The zero-order valence-corrected chi connectivity index (χ0v) is 12.0. The molecule has 1 saturated carbocycles. The first-order valence-electron chi connectivity index (χ1n) is 6.65. The summed E-state index contributed by atoms with van der Waals surface area (Å²) < 4.78 is 5.75. The third-order valence-electron chi connectivity index (χ3n) is 3.72. The fourth-order valence-corrected chi connectivity index (χ4v) is 2.63. The largest absolute Gasteiger partial charge is 0.396 e. The van der Waals surface area contributed by atoms with Crippen molar-refractivity contribution in [3.05, 3.63) is 0 Å². The second kappa shape index (κ2) is 6.65. The Balaban J connectivity index is 2.96. The van der Waals surface area contributed by atoms with Gasteiger partial charge in [-0.05, 0) is 20.3 Å². The van der Waals surface area contributed by atoms with E-state index in [0.29, 0.717) is 6.42 Å². The van der Waals surface area contributed by atoms with E-state index in [0.717, 1.165) is 0 Å². The van der Waals surface area contributed by atoms with Crippen LogP contribution in [0, 0.1) is 5.92 Å². The van der Waals surface area contributed by atoms with Gasteiger partial charge in [-0.3, -0.25) is 4.79 Å². The number of likely N-dealkylation sites (N-methyl/N-ethyl adjacent to an activating group) is 1. The van der Waals surface area contributed by atoms with Gasteiger partial charge >= 0.3 is 0 Å². The topological polar surface area (TPSA) is 90.2 Å². The minimum atomic E-state index is -1.12. The van der Waals surface area contributed by atoms with E-state index in [1.54, 1.807) is 7.05 Å². The number of nitrogens with zero attached hydrogens (tertiary/aromatic N) is 1. The van der Waals surface area contributed by atoms with E-state index < -0.39 is 30.3 Å². The van der Waals surface area contributed by atoms with Crippen LogP contribution in [0.3, 0.4) is 0 Å². The highest BCUT2D eigenvalue weighted by Crippen LogP contribution is 2.31. The summed E-state index contributed by atoms with van der Waals surface area (Å²) >= 11 is 0. The average Bonchev–Trinajstić information content (AvgIpc) is 2.32. The standard InChI is InChI=1S/C13H25NO5/c1-7(2)19-10-5-9(6-15)12(17)13(18)11(10)14(4)8(3)16/h7,9-13,15,17-18H,5-6H2,1-4H3/t9-,10?,11+,12+,13-/m1/s1. The number of ether oxygens (including phenoxy) is 1. The van der Waals surface area contributed by atoms with Gasteiger partial charge in [0.2, 0.25) is 5.91 Å². The summed E-state index contributed by atoms with van der Waals surface area (Å²) in [5.74, 6) is -0.633. The molecule has 0 aromatic carbocycles. The lowest BCUT2D eigenvalue weighted by molar-refractivity contribution is -0.172. The Morgan fingerprint density at radius 1 is 1.37 bits per heavy atom. The van der Waals surface area contributed by atoms with E-state index in [-0.39, 0.29) is 18.6 Å². The molecule has 3 N–H and O–H groups in total. The number of carbonyl (C=O) groups is 1. The number of aliphatic hydroxyl groups is 3. The minimum Gasteiger partial charge on any atom is -0.396 e. The van der Waals surface area contributed by atoms with Gasteiger partial charge in [0, 0.05) is 26.5 Å². The van der Waals surface area contributed by atoms with Crippen LogP contribution in [0.5, 0.6) is 0 Å². The first kappa shape index (κ1) is 16.4. The van der Waals surface area contributed by atoms with Crippen molar-refractivity contribution in [1.29, 1.82) is 0 Å². The Kier molecular flexibility index (Phi) is 5.73. The number of rotatable bonds is 4. The van der Waals surface area contributed by atoms with Crippen molar-refractivity contribution in [2.75, 3.05) is 13.7 Å². The van der Waals surface area contributed by atoms with Crippen LogP contribution in [0.2, 0.25) is 0 Å². The average molecular weight is 275 g/mol. The lowest BCUT2D eigenvalue weighted by Gasteiger charge is -2.46. The molecule has 1 rings (SSSR count). The molecule has 0 aromatic rings. The van der Waals surface area contributed by atoms with E-state index >= 15 is 0 Å². The summed E-state index contributed by atoms with van der Waals surface area (Å²) in [6.45, 7) is 4.93. The van der Waals surface area contributed by atoms with Crippen molar-refractivity contribution in [2.24, 2.45) is 5.92 Å². The van der Waals surface area contributed by atoms with Crippen LogP contribution in [0.1, 0.15) is 27.2 Å². The monoisotopic (exact) mass is 275 g/mol. The van der Waals surface area contributed by atoms with Crippen molar-refractivity contribution in [2.45, 2.75) is 57.6 Å². The normalized spacial score (nSPS) is 35.5. The Hall–Kier alpha value is -0.690. The second-order valence-electron chi connectivity index (χ2n) is 5.50. The lowest BCUT2D eigenvalue weighted by Crippen LogP contribution is -2.62. The summed E-state index contributed by atoms with van der Waals surface area (Å²) in [7, 11) is 1.58. The van der Waals surface area contributed by atoms with Crippen molar-refractivity contribution in [1.82, 2.24) is 4.90 Å². The molecule has 1 amide bonds. The molecule has 19 heavy (non-hydrogen) atoms. The maximum Gasteiger partial charge on any atom is 0.219 e. The van der Waals surface area contributed by atoms with E-state index in [9.17, 15) is 20.1 Å². The van der Waals surface area contributed by atoms with E-state index in [4.69, 9.17) is 4.74 Å². The van der Waals surface area contributed by atoms with Crippen LogP contribution in [0.15, 0.2) is 0 Å². The SMILES string of the molecule is CC(=O)N(C)[C@H]1C(OC(C)C)C[C@H](CO)[C@H](O)[C@@H]1O. The maximum absolute atomic E-state index is 11.5. The van der Waals surface area contributed by atoms with Crippen molar-refractivity contribution < 1.29 is 24.9 Å². The summed E-state index contributed by atoms with van der Waals surface area (Å²) in [5.41, 5.74) is 0. The highest BCUT2D eigenvalue weighted by atomic mass is 16.5. The fraction of sp³-hybridized carbons (Fsp3) is 0.923. The third-order valence-corrected chi connectivity index (χ3v) is 3.72. The van der Waals surface area contributed by atoms with Crippen LogP contribution in [0.25, 0.3) is 0 Å². The van der Waals surface area contributed by atoms with Gasteiger partial charge in [0.05, 0.1) is 24.4 Å². The summed E-state index contributed by atoms with van der Waals surface area (Å²) in [6.07, 6.45) is -2.22. The van der Waals surface area contributed by atoms with Crippen molar-refractivity contribution in [3.8, 4) is 0 Å². The molecule has 0 heterocycles. The highest BCUT2D eigenvalue weighted by molar-refractivity contribution is 5.73. The van der Waals surface area contributed by atoms with Gasteiger partial charge in [-0.1, -0.05) is 0 Å². The number of hydrogen-bond acceptors (Lipinski definition) is 5. The zero-order chi connectivity index (χ0) is 14.7. The quantitative estimate of drug-likeness (QED) is 0.635. The van der Waals surface area contributed by atoms with Crippen LogP contribution in [-0.4, -0.2) is 70.2 Å². The lowest BCUT2D eigenvalue weighted by atomic mass is 9.79. The van der Waals surface area contributed by atoms with Gasteiger partial charge < -0.3 is 25.0 Å². The first-order valence-corrected chi connectivity index (χ1v) is 6.65. The molecule has 0 aromatic heterocycles. The smallest absolute Gasteiger partial charge is 0.219 e. The third kappa shape index (κ3) is 3.66. The number of hydrogen-bond donors (Lipinski definition) is 3. The molecule has 6 nitrogen and oxygen atoms in total. The zero-order valence-electron chi connectivity index (χ0n) is 12.0. The molecule has 0 aliphatic heterocycles. The Labute approximate surface area is 114 Å². The summed E-state index contributed by atoms with van der Waals surface area (Å²) in [6, 6.07) is -0.599. The van der Waals surface area contributed by atoms with Gasteiger partial charge in [-0.25, -0.2) is 0 Å². The molecule has 6 heteroatoms. The van der Waals surface area contributed by atoms with Gasteiger partial charge in [0.15, 0.2) is 0 Å². The molecular formula is C13H25NO5. The van der Waals surface area contributed by atoms with Gasteiger partial charge in [0.1, 0.15) is 6.10 Å². The molecule has 0 bridgehead atoms. The highest BCUT2D eigenvalue weighted by Gasteiger charge is 2.46. The molecule has 1 unspecified atom stereocenters. The maximum atomic E-state index is 11.5. The molecule has 112 valence electrons. The van der Waals surface area contributed by atoms with Crippen LogP contribution in [0.4, 0.5) is 0 Å². The molecule has 1 fully saturated rings. The van der Waals surface area contributed by atoms with Crippen molar-refractivity contribution >= 4 is 5.91 Å². The van der Waals surface area contributed by atoms with E-state index in [2.05, 4.69) is 0 Å². The van der Waals surface area contributed by atoms with Gasteiger partial charge in [0.25, 0.3) is 0 Å². The number of aliphatic hydroxyl groups excluding tert-OH is 3. The Morgan fingerprint density at radius 2 is 1.95 bits per heavy atom. The second-order valence-corrected chi connectivity index (χ2v) is 5.50.